The summed E-state index contributed by atoms with van der Waals surface area (Å²) in [6.45, 7) is 1.56. The predicted octanol–water partition coefficient (Wildman–Crippen LogP) is 0.664. The molecule has 0 aliphatic heterocycles. The second kappa shape index (κ2) is 2.86. The molecule has 0 unspecified atom stereocenters. The normalized spacial score (nSPS) is 11.4. The maximum absolute atomic E-state index is 12.4. The fraction of sp³-hybridized carbons (Fsp3) is 0.286. The second-order valence-electron chi connectivity index (χ2n) is 2.75. The minimum atomic E-state index is -2.75. The van der Waals surface area contributed by atoms with Crippen molar-refractivity contribution < 1.29 is 8.78 Å². The van der Waals surface area contributed by atoms with Gasteiger partial charge in [0.2, 0.25) is 5.78 Å². The average molecular weight is 200 g/mol. The first-order chi connectivity index (χ1) is 6.58. The first kappa shape index (κ1) is 8.79. The van der Waals surface area contributed by atoms with Crippen LogP contribution in [-0.4, -0.2) is 19.6 Å². The Kier molecular flexibility index (Phi) is 1.80. The minimum Gasteiger partial charge on any atom is -0.291 e. The molecule has 0 radical (unpaired) electrons. The van der Waals surface area contributed by atoms with Crippen molar-refractivity contribution in [1.29, 1.82) is 0 Å². The molecule has 0 aliphatic carbocycles. The van der Waals surface area contributed by atoms with E-state index in [1.54, 1.807) is 6.92 Å². The van der Waals surface area contributed by atoms with Crippen LogP contribution in [0.1, 0.15) is 17.9 Å². The third kappa shape index (κ3) is 1.26. The van der Waals surface area contributed by atoms with Crippen LogP contribution in [0.25, 0.3) is 5.78 Å². The second-order valence-corrected chi connectivity index (χ2v) is 2.75. The number of nitrogens with one attached hydrogen (secondary N) is 1. The number of nitrogens with zero attached hydrogens (tertiary/aromatic N) is 3. The van der Waals surface area contributed by atoms with Crippen molar-refractivity contribution >= 4 is 5.78 Å². The number of halogens is 2. The molecule has 0 fully saturated rings. The standard InChI is InChI=1S/C7H6F2N4O/c1-3-10-7-11-5(14)2-4(6(8)9)13(7)12-3/h2,6H,1H3,(H,10,11,12,14). The lowest BCUT2D eigenvalue weighted by atomic mass is 10.4. The summed E-state index contributed by atoms with van der Waals surface area (Å²) in [6.07, 6.45) is -2.75. The van der Waals surface area contributed by atoms with Gasteiger partial charge in [-0.15, -0.1) is 5.10 Å². The zero-order valence-electron chi connectivity index (χ0n) is 7.16. The molecule has 0 aliphatic rings. The Balaban J connectivity index is 2.86. The van der Waals surface area contributed by atoms with Crippen LogP contribution < -0.4 is 5.56 Å². The number of fused-ring (bicyclic) bond motifs is 1. The lowest BCUT2D eigenvalue weighted by Crippen LogP contribution is -2.12. The molecule has 2 heterocycles. The van der Waals surface area contributed by atoms with Gasteiger partial charge in [0.15, 0.2) is 0 Å². The summed E-state index contributed by atoms with van der Waals surface area (Å²) in [5, 5.41) is 3.73. The molecule has 0 spiro atoms. The zero-order valence-corrected chi connectivity index (χ0v) is 7.16. The van der Waals surface area contributed by atoms with Crippen molar-refractivity contribution in [2.24, 2.45) is 0 Å². The quantitative estimate of drug-likeness (QED) is 0.735. The number of hydrogen-bond acceptors (Lipinski definition) is 3. The SMILES string of the molecule is Cc1nc2[nH]c(=O)cc(C(F)F)n2n1. The van der Waals surface area contributed by atoms with E-state index in [1.165, 1.54) is 0 Å². The molecule has 0 amide bonds. The van der Waals surface area contributed by atoms with E-state index in [0.717, 1.165) is 10.6 Å². The van der Waals surface area contributed by atoms with Crippen LogP contribution in [0.5, 0.6) is 0 Å². The summed E-state index contributed by atoms with van der Waals surface area (Å²) in [5.41, 5.74) is -1.07. The van der Waals surface area contributed by atoms with Gasteiger partial charge in [0.1, 0.15) is 11.5 Å². The lowest BCUT2D eigenvalue weighted by Gasteiger charge is -2.00. The molecule has 2 aromatic rings. The van der Waals surface area contributed by atoms with E-state index in [1.807, 2.05) is 0 Å². The molecule has 7 heteroatoms. The number of aromatic amines is 1. The molecular formula is C7H6F2N4O. The van der Waals surface area contributed by atoms with Crippen molar-refractivity contribution in [1.82, 2.24) is 19.6 Å². The molecule has 5 nitrogen and oxygen atoms in total. The topological polar surface area (TPSA) is 63.0 Å². The van der Waals surface area contributed by atoms with E-state index in [4.69, 9.17) is 0 Å². The number of rotatable bonds is 1. The van der Waals surface area contributed by atoms with Crippen molar-refractivity contribution in [3.63, 3.8) is 0 Å². The van der Waals surface area contributed by atoms with Gasteiger partial charge in [0.05, 0.1) is 0 Å². The Morgan fingerprint density at radius 3 is 2.93 bits per heavy atom. The molecule has 14 heavy (non-hydrogen) atoms. The van der Waals surface area contributed by atoms with Crippen LogP contribution in [0.3, 0.4) is 0 Å². The number of H-pyrrole nitrogens is 1. The fourth-order valence-electron chi connectivity index (χ4n) is 1.17. The third-order valence-corrected chi connectivity index (χ3v) is 1.70. The van der Waals surface area contributed by atoms with E-state index < -0.39 is 17.7 Å². The van der Waals surface area contributed by atoms with Crippen molar-refractivity contribution in [3.8, 4) is 0 Å². The van der Waals surface area contributed by atoms with Gasteiger partial charge in [-0.3, -0.25) is 9.78 Å². The van der Waals surface area contributed by atoms with E-state index in [-0.39, 0.29) is 5.78 Å². The number of aryl methyl sites for hydroxylation is 1. The monoisotopic (exact) mass is 200 g/mol. The van der Waals surface area contributed by atoms with Crippen LogP contribution in [0, 0.1) is 6.92 Å². The van der Waals surface area contributed by atoms with Crippen molar-refractivity contribution in [2.75, 3.05) is 0 Å². The minimum absolute atomic E-state index is 0.0327. The van der Waals surface area contributed by atoms with Gasteiger partial charge in [-0.2, -0.15) is 9.50 Å². The number of alkyl halides is 2. The molecule has 0 atom stereocenters. The Hall–Kier alpha value is -1.79. The molecular weight excluding hydrogens is 194 g/mol. The molecule has 0 bridgehead atoms. The maximum atomic E-state index is 12.4. The highest BCUT2D eigenvalue weighted by Gasteiger charge is 2.15. The first-order valence-corrected chi connectivity index (χ1v) is 3.82. The Bertz CT molecular complexity index is 530. The molecule has 0 saturated carbocycles. The van der Waals surface area contributed by atoms with Gasteiger partial charge in [-0.05, 0) is 6.92 Å². The van der Waals surface area contributed by atoms with Gasteiger partial charge in [0.25, 0.3) is 12.0 Å². The predicted molar refractivity (Wildman–Crippen MR) is 43.3 cm³/mol. The van der Waals surface area contributed by atoms with E-state index in [2.05, 4.69) is 15.1 Å². The molecule has 74 valence electrons. The van der Waals surface area contributed by atoms with Crippen LogP contribution in [0.4, 0.5) is 8.78 Å². The highest BCUT2D eigenvalue weighted by atomic mass is 19.3. The van der Waals surface area contributed by atoms with Crippen LogP contribution >= 0.6 is 0 Å². The summed E-state index contributed by atoms with van der Waals surface area (Å²) in [5.74, 6) is 0.360. The molecule has 2 rings (SSSR count). The zero-order chi connectivity index (χ0) is 10.3. The molecule has 0 saturated heterocycles. The summed E-state index contributed by atoms with van der Waals surface area (Å²) >= 11 is 0. The van der Waals surface area contributed by atoms with Gasteiger partial charge in [-0.1, -0.05) is 0 Å². The summed E-state index contributed by atoms with van der Waals surface area (Å²) in [7, 11) is 0. The largest absolute Gasteiger partial charge is 0.291 e. The highest BCUT2D eigenvalue weighted by molar-refractivity contribution is 5.28. The highest BCUT2D eigenvalue weighted by Crippen LogP contribution is 2.16. The summed E-state index contributed by atoms with van der Waals surface area (Å²) in [4.78, 5) is 17.0. The van der Waals surface area contributed by atoms with Crippen LogP contribution in [0.15, 0.2) is 10.9 Å². The summed E-state index contributed by atoms with van der Waals surface area (Å²) < 4.78 is 25.8. The van der Waals surface area contributed by atoms with Crippen LogP contribution in [0.2, 0.25) is 0 Å². The Morgan fingerprint density at radius 1 is 1.57 bits per heavy atom. The number of hydrogen-bond donors (Lipinski definition) is 1. The van der Waals surface area contributed by atoms with Gasteiger partial charge >= 0.3 is 0 Å². The Labute approximate surface area is 76.4 Å². The smallest absolute Gasteiger partial charge is 0.280 e. The van der Waals surface area contributed by atoms with Crippen molar-refractivity contribution in [2.45, 2.75) is 13.3 Å². The van der Waals surface area contributed by atoms with Gasteiger partial charge in [-0.25, -0.2) is 8.78 Å². The molecule has 1 N–H and O–H groups in total. The number of aromatic nitrogens is 4. The average Bonchev–Trinajstić information content (AvgIpc) is 2.42. The van der Waals surface area contributed by atoms with Gasteiger partial charge < -0.3 is 0 Å². The van der Waals surface area contributed by atoms with Crippen molar-refractivity contribution in [3.05, 3.63) is 27.9 Å². The first-order valence-electron chi connectivity index (χ1n) is 3.82. The molecule has 2 aromatic heterocycles. The summed E-state index contributed by atoms with van der Waals surface area (Å²) in [6, 6.07) is 0.811. The Morgan fingerprint density at radius 2 is 2.29 bits per heavy atom. The third-order valence-electron chi connectivity index (χ3n) is 1.70. The van der Waals surface area contributed by atoms with E-state index in [0.29, 0.717) is 5.82 Å². The fourth-order valence-corrected chi connectivity index (χ4v) is 1.17. The van der Waals surface area contributed by atoms with E-state index in [9.17, 15) is 13.6 Å². The lowest BCUT2D eigenvalue weighted by molar-refractivity contribution is 0.143. The molecule has 0 aromatic carbocycles. The maximum Gasteiger partial charge on any atom is 0.280 e. The van der Waals surface area contributed by atoms with Gasteiger partial charge in [0, 0.05) is 6.07 Å². The van der Waals surface area contributed by atoms with Crippen LogP contribution in [-0.2, 0) is 0 Å². The van der Waals surface area contributed by atoms with E-state index >= 15 is 0 Å².